The van der Waals surface area contributed by atoms with Gasteiger partial charge in [0.2, 0.25) is 11.8 Å². The number of carbonyl (C=O) groups excluding carboxylic acids is 3. The number of aromatic nitrogens is 1. The maximum absolute atomic E-state index is 11.5. The Kier molecular flexibility index (Phi) is 5.63. The van der Waals surface area contributed by atoms with Crippen molar-refractivity contribution in [2.24, 2.45) is 0 Å². The van der Waals surface area contributed by atoms with Crippen LogP contribution in [0.25, 0.3) is 0 Å². The SMILES string of the molecule is CC(=O)NCCNC(=O)CCn1cccc1C=O. The van der Waals surface area contributed by atoms with Gasteiger partial charge in [-0.2, -0.15) is 0 Å². The first-order chi connectivity index (χ1) is 8.63. The van der Waals surface area contributed by atoms with Crippen molar-refractivity contribution >= 4 is 18.1 Å². The molecular weight excluding hydrogens is 234 g/mol. The van der Waals surface area contributed by atoms with Gasteiger partial charge in [-0.05, 0) is 12.1 Å². The van der Waals surface area contributed by atoms with Crippen LogP contribution in [0.5, 0.6) is 0 Å². The molecule has 0 unspecified atom stereocenters. The minimum atomic E-state index is -0.118. The van der Waals surface area contributed by atoms with E-state index >= 15 is 0 Å². The second-order valence-electron chi connectivity index (χ2n) is 3.83. The van der Waals surface area contributed by atoms with Crippen molar-refractivity contribution in [3.05, 3.63) is 24.0 Å². The summed E-state index contributed by atoms with van der Waals surface area (Å²) in [4.78, 5) is 32.7. The van der Waals surface area contributed by atoms with E-state index in [0.717, 1.165) is 6.29 Å². The number of carbonyl (C=O) groups is 3. The fourth-order valence-corrected chi connectivity index (χ4v) is 1.49. The van der Waals surface area contributed by atoms with Crippen LogP contribution in [0.15, 0.2) is 18.3 Å². The zero-order chi connectivity index (χ0) is 13.4. The first kappa shape index (κ1) is 14.0. The second-order valence-corrected chi connectivity index (χ2v) is 3.83. The largest absolute Gasteiger partial charge is 0.355 e. The fourth-order valence-electron chi connectivity index (χ4n) is 1.49. The van der Waals surface area contributed by atoms with Crippen molar-refractivity contribution in [2.45, 2.75) is 19.9 Å². The van der Waals surface area contributed by atoms with Crippen molar-refractivity contribution < 1.29 is 14.4 Å². The summed E-state index contributed by atoms with van der Waals surface area (Å²) >= 11 is 0. The highest BCUT2D eigenvalue weighted by atomic mass is 16.2. The van der Waals surface area contributed by atoms with Crippen molar-refractivity contribution in [3.8, 4) is 0 Å². The highest BCUT2D eigenvalue weighted by molar-refractivity contribution is 5.76. The lowest BCUT2D eigenvalue weighted by atomic mass is 10.3. The quantitative estimate of drug-likeness (QED) is 0.526. The molecule has 0 aliphatic rings. The van der Waals surface area contributed by atoms with E-state index in [2.05, 4.69) is 10.6 Å². The normalized spacial score (nSPS) is 9.83. The fraction of sp³-hybridized carbons (Fsp3) is 0.417. The molecule has 6 heteroatoms. The monoisotopic (exact) mass is 251 g/mol. The topological polar surface area (TPSA) is 80.2 Å². The molecule has 0 saturated carbocycles. The van der Waals surface area contributed by atoms with E-state index in [9.17, 15) is 14.4 Å². The molecule has 0 aromatic carbocycles. The molecule has 18 heavy (non-hydrogen) atoms. The Morgan fingerprint density at radius 3 is 2.72 bits per heavy atom. The molecule has 0 spiro atoms. The predicted octanol–water partition coefficient (Wildman–Crippen LogP) is -0.0570. The lowest BCUT2D eigenvalue weighted by Gasteiger charge is -2.07. The van der Waals surface area contributed by atoms with Crippen LogP contribution in [-0.2, 0) is 16.1 Å². The summed E-state index contributed by atoms with van der Waals surface area (Å²) in [6, 6.07) is 3.46. The van der Waals surface area contributed by atoms with Gasteiger partial charge in [-0.15, -0.1) is 0 Å². The van der Waals surface area contributed by atoms with Gasteiger partial charge in [-0.1, -0.05) is 0 Å². The first-order valence-electron chi connectivity index (χ1n) is 5.75. The van der Waals surface area contributed by atoms with Gasteiger partial charge in [-0.25, -0.2) is 0 Å². The molecule has 0 fully saturated rings. The summed E-state index contributed by atoms with van der Waals surface area (Å²) in [5.74, 6) is -0.224. The van der Waals surface area contributed by atoms with Crippen LogP contribution < -0.4 is 10.6 Å². The Labute approximate surface area is 105 Å². The number of nitrogens with zero attached hydrogens (tertiary/aromatic N) is 1. The predicted molar refractivity (Wildman–Crippen MR) is 66.1 cm³/mol. The molecule has 0 aliphatic carbocycles. The maximum atomic E-state index is 11.5. The van der Waals surface area contributed by atoms with E-state index in [1.165, 1.54) is 6.92 Å². The molecule has 0 bridgehead atoms. The molecule has 98 valence electrons. The van der Waals surface area contributed by atoms with E-state index in [0.29, 0.717) is 31.7 Å². The number of aryl methyl sites for hydroxylation is 1. The molecule has 2 N–H and O–H groups in total. The van der Waals surface area contributed by atoms with Crippen LogP contribution in [0, 0.1) is 0 Å². The van der Waals surface area contributed by atoms with Gasteiger partial charge in [0.25, 0.3) is 0 Å². The molecule has 1 heterocycles. The Balaban J connectivity index is 2.21. The van der Waals surface area contributed by atoms with E-state index in [-0.39, 0.29) is 11.8 Å². The van der Waals surface area contributed by atoms with Crippen LogP contribution in [0.4, 0.5) is 0 Å². The van der Waals surface area contributed by atoms with Crippen molar-refractivity contribution in [1.29, 1.82) is 0 Å². The number of amides is 2. The molecule has 6 nitrogen and oxygen atoms in total. The number of rotatable bonds is 7. The summed E-state index contributed by atoms with van der Waals surface area (Å²) in [6.07, 6.45) is 2.82. The van der Waals surface area contributed by atoms with Gasteiger partial charge in [0.1, 0.15) is 0 Å². The molecular formula is C12H17N3O3. The van der Waals surface area contributed by atoms with E-state index in [4.69, 9.17) is 0 Å². The molecule has 0 aliphatic heterocycles. The van der Waals surface area contributed by atoms with Crippen molar-refractivity contribution in [2.75, 3.05) is 13.1 Å². The molecule has 0 atom stereocenters. The number of hydrogen-bond donors (Lipinski definition) is 2. The lowest BCUT2D eigenvalue weighted by Crippen LogP contribution is -2.34. The first-order valence-corrected chi connectivity index (χ1v) is 5.75. The van der Waals surface area contributed by atoms with Gasteiger partial charge in [0.15, 0.2) is 6.29 Å². The third-order valence-corrected chi connectivity index (χ3v) is 2.39. The van der Waals surface area contributed by atoms with E-state index in [1.54, 1.807) is 22.9 Å². The molecule has 1 aromatic heterocycles. The summed E-state index contributed by atoms with van der Waals surface area (Å²) in [6.45, 7) is 2.72. The average molecular weight is 251 g/mol. The minimum absolute atomic E-state index is 0.106. The maximum Gasteiger partial charge on any atom is 0.221 e. The van der Waals surface area contributed by atoms with Gasteiger partial charge < -0.3 is 15.2 Å². The molecule has 1 aromatic rings. The van der Waals surface area contributed by atoms with Crippen LogP contribution in [0.2, 0.25) is 0 Å². The third kappa shape index (κ3) is 4.82. The highest BCUT2D eigenvalue weighted by Gasteiger charge is 2.03. The van der Waals surface area contributed by atoms with Gasteiger partial charge in [0.05, 0.1) is 5.69 Å². The Hall–Kier alpha value is -2.11. The Morgan fingerprint density at radius 2 is 2.06 bits per heavy atom. The van der Waals surface area contributed by atoms with Gasteiger partial charge >= 0.3 is 0 Å². The zero-order valence-electron chi connectivity index (χ0n) is 10.3. The number of nitrogens with one attached hydrogen (secondary N) is 2. The highest BCUT2D eigenvalue weighted by Crippen LogP contribution is 2.00. The lowest BCUT2D eigenvalue weighted by molar-refractivity contribution is -0.122. The van der Waals surface area contributed by atoms with Gasteiger partial charge in [0, 0.05) is 39.2 Å². The Morgan fingerprint density at radius 1 is 1.33 bits per heavy atom. The summed E-state index contributed by atoms with van der Waals surface area (Å²) in [5.41, 5.74) is 0.557. The van der Waals surface area contributed by atoms with Crippen LogP contribution in [0.1, 0.15) is 23.8 Å². The summed E-state index contributed by atoms with van der Waals surface area (Å²) in [7, 11) is 0. The average Bonchev–Trinajstić information content (AvgIpc) is 2.79. The molecule has 0 saturated heterocycles. The molecule has 1 rings (SSSR count). The van der Waals surface area contributed by atoms with E-state index in [1.807, 2.05) is 0 Å². The summed E-state index contributed by atoms with van der Waals surface area (Å²) < 4.78 is 1.72. The number of aldehydes is 1. The summed E-state index contributed by atoms with van der Waals surface area (Å²) in [5, 5.41) is 5.27. The van der Waals surface area contributed by atoms with Crippen LogP contribution in [-0.4, -0.2) is 35.8 Å². The van der Waals surface area contributed by atoms with Gasteiger partial charge in [-0.3, -0.25) is 14.4 Å². The third-order valence-electron chi connectivity index (χ3n) is 2.39. The van der Waals surface area contributed by atoms with Crippen LogP contribution >= 0.6 is 0 Å². The van der Waals surface area contributed by atoms with Crippen molar-refractivity contribution in [3.63, 3.8) is 0 Å². The second kappa shape index (κ2) is 7.26. The Bertz CT molecular complexity index is 426. The zero-order valence-corrected chi connectivity index (χ0v) is 10.3. The standard InChI is InChI=1S/C12H17N3O3/c1-10(17)13-5-6-14-12(18)4-8-15-7-2-3-11(15)9-16/h2-3,7,9H,4-6,8H2,1H3,(H,13,17)(H,14,18). The molecule has 2 amide bonds. The van der Waals surface area contributed by atoms with E-state index < -0.39 is 0 Å². The smallest absolute Gasteiger partial charge is 0.221 e. The number of hydrogen-bond acceptors (Lipinski definition) is 3. The molecule has 0 radical (unpaired) electrons. The van der Waals surface area contributed by atoms with Crippen molar-refractivity contribution in [1.82, 2.24) is 15.2 Å². The van der Waals surface area contributed by atoms with Crippen LogP contribution in [0.3, 0.4) is 0 Å². The minimum Gasteiger partial charge on any atom is -0.355 e.